The first kappa shape index (κ1) is 21.7. The van der Waals surface area contributed by atoms with E-state index in [9.17, 15) is 4.79 Å². The van der Waals surface area contributed by atoms with Gasteiger partial charge in [0.05, 0.1) is 12.0 Å². The van der Waals surface area contributed by atoms with Crippen molar-refractivity contribution in [2.45, 2.75) is 6.61 Å². The number of hydrogen-bond acceptors (Lipinski definition) is 5. The third kappa shape index (κ3) is 5.14. The standard InChI is InChI=1S/C21H17Cl2NO3S2/c1-3-8-24-20(25)19(29-21(24)28)10-13-4-7-17(26-2)18(9-13)27-12-14-5-6-15(22)11-16(14)23/h3-7,9-11H,1,8,12H2,2H3/b19-10+. The van der Waals surface area contributed by atoms with Crippen LogP contribution in [0.25, 0.3) is 6.08 Å². The van der Waals surface area contributed by atoms with E-state index in [4.69, 9.17) is 44.9 Å². The van der Waals surface area contributed by atoms with E-state index in [2.05, 4.69) is 6.58 Å². The number of carbonyl (C=O) groups excluding carboxylic acids is 1. The molecular weight excluding hydrogens is 449 g/mol. The van der Waals surface area contributed by atoms with E-state index in [0.29, 0.717) is 37.3 Å². The Labute approximate surface area is 189 Å². The lowest BCUT2D eigenvalue weighted by Gasteiger charge is -2.13. The molecule has 0 N–H and O–H groups in total. The molecule has 4 nitrogen and oxygen atoms in total. The molecule has 0 spiro atoms. The lowest BCUT2D eigenvalue weighted by Crippen LogP contribution is -2.27. The number of thiocarbonyl (C=S) groups is 1. The molecule has 1 amide bonds. The van der Waals surface area contributed by atoms with Gasteiger partial charge in [0.15, 0.2) is 11.5 Å². The summed E-state index contributed by atoms with van der Waals surface area (Å²) in [5.74, 6) is 0.978. The Kier molecular flexibility index (Phi) is 7.24. The van der Waals surface area contributed by atoms with Gasteiger partial charge in [-0.25, -0.2) is 0 Å². The van der Waals surface area contributed by atoms with Gasteiger partial charge in [0, 0.05) is 22.2 Å². The van der Waals surface area contributed by atoms with Crippen molar-refractivity contribution in [2.75, 3.05) is 13.7 Å². The van der Waals surface area contributed by atoms with Crippen LogP contribution in [0.5, 0.6) is 11.5 Å². The summed E-state index contributed by atoms with van der Waals surface area (Å²) in [6.07, 6.45) is 3.43. The van der Waals surface area contributed by atoms with E-state index in [1.54, 1.807) is 37.5 Å². The van der Waals surface area contributed by atoms with Crippen molar-refractivity contribution in [3.8, 4) is 11.5 Å². The molecule has 29 heavy (non-hydrogen) atoms. The van der Waals surface area contributed by atoms with Gasteiger partial charge in [0.25, 0.3) is 5.91 Å². The Morgan fingerprint density at radius 2 is 2.00 bits per heavy atom. The topological polar surface area (TPSA) is 38.8 Å². The van der Waals surface area contributed by atoms with Gasteiger partial charge in [-0.1, -0.05) is 65.4 Å². The third-order valence-corrected chi connectivity index (χ3v) is 6.03. The first-order valence-corrected chi connectivity index (χ1v) is 10.5. The molecule has 0 unspecified atom stereocenters. The monoisotopic (exact) mass is 465 g/mol. The number of rotatable bonds is 7. The predicted octanol–water partition coefficient (Wildman–Crippen LogP) is 5.97. The minimum Gasteiger partial charge on any atom is -0.493 e. The molecule has 0 aromatic heterocycles. The zero-order chi connectivity index (χ0) is 21.0. The van der Waals surface area contributed by atoms with Crippen molar-refractivity contribution >= 4 is 63.5 Å². The van der Waals surface area contributed by atoms with Crippen LogP contribution in [0, 0.1) is 0 Å². The first-order valence-electron chi connectivity index (χ1n) is 8.54. The van der Waals surface area contributed by atoms with Crippen molar-refractivity contribution in [3.05, 3.63) is 75.1 Å². The Bertz CT molecular complexity index is 1010. The minimum absolute atomic E-state index is 0.133. The Hall–Kier alpha value is -1.99. The summed E-state index contributed by atoms with van der Waals surface area (Å²) in [6, 6.07) is 10.7. The molecule has 1 fully saturated rings. The molecule has 2 aromatic rings. The second kappa shape index (κ2) is 9.67. The highest BCUT2D eigenvalue weighted by molar-refractivity contribution is 8.26. The zero-order valence-electron chi connectivity index (χ0n) is 15.5. The second-order valence-corrected chi connectivity index (χ2v) is 8.54. The molecule has 3 rings (SSSR count). The van der Waals surface area contributed by atoms with Crippen LogP contribution in [0.4, 0.5) is 0 Å². The van der Waals surface area contributed by atoms with E-state index in [1.165, 1.54) is 16.7 Å². The molecule has 0 aliphatic carbocycles. The van der Waals surface area contributed by atoms with E-state index in [1.807, 2.05) is 18.2 Å². The maximum absolute atomic E-state index is 12.5. The molecule has 1 saturated heterocycles. The number of methoxy groups -OCH3 is 1. The van der Waals surface area contributed by atoms with Crippen molar-refractivity contribution in [3.63, 3.8) is 0 Å². The number of carbonyl (C=O) groups is 1. The fourth-order valence-electron chi connectivity index (χ4n) is 2.63. The highest BCUT2D eigenvalue weighted by Crippen LogP contribution is 2.35. The summed E-state index contributed by atoms with van der Waals surface area (Å²) in [4.78, 5) is 14.6. The molecule has 0 atom stereocenters. The maximum Gasteiger partial charge on any atom is 0.266 e. The SMILES string of the molecule is C=CCN1C(=O)/C(=C\c2ccc(OC)c(OCc3ccc(Cl)cc3Cl)c2)SC1=S. The molecule has 0 radical (unpaired) electrons. The van der Waals surface area contributed by atoms with Crippen LogP contribution in [0.2, 0.25) is 10.0 Å². The van der Waals surface area contributed by atoms with Crippen LogP contribution in [-0.4, -0.2) is 28.8 Å². The number of benzene rings is 2. The highest BCUT2D eigenvalue weighted by Gasteiger charge is 2.31. The predicted molar refractivity (Wildman–Crippen MR) is 124 cm³/mol. The van der Waals surface area contributed by atoms with Crippen molar-refractivity contribution < 1.29 is 14.3 Å². The van der Waals surface area contributed by atoms with E-state index in [0.717, 1.165) is 11.1 Å². The lowest BCUT2D eigenvalue weighted by molar-refractivity contribution is -0.121. The molecule has 0 saturated carbocycles. The fraction of sp³-hybridized carbons (Fsp3) is 0.143. The van der Waals surface area contributed by atoms with E-state index < -0.39 is 0 Å². The number of thioether (sulfide) groups is 1. The largest absolute Gasteiger partial charge is 0.493 e. The third-order valence-electron chi connectivity index (χ3n) is 4.07. The van der Waals surface area contributed by atoms with Gasteiger partial charge in [0.1, 0.15) is 10.9 Å². The van der Waals surface area contributed by atoms with Crippen LogP contribution in [0.1, 0.15) is 11.1 Å². The zero-order valence-corrected chi connectivity index (χ0v) is 18.6. The first-order chi connectivity index (χ1) is 13.9. The molecule has 2 aromatic carbocycles. The van der Waals surface area contributed by atoms with Crippen molar-refractivity contribution in [1.82, 2.24) is 4.90 Å². The molecule has 1 heterocycles. The molecule has 150 valence electrons. The van der Waals surface area contributed by atoms with Crippen LogP contribution in [0.15, 0.2) is 54.0 Å². The summed E-state index contributed by atoms with van der Waals surface area (Å²) >= 11 is 18.7. The van der Waals surface area contributed by atoms with Gasteiger partial charge in [-0.2, -0.15) is 0 Å². The maximum atomic E-state index is 12.5. The van der Waals surface area contributed by atoms with Gasteiger partial charge in [0.2, 0.25) is 0 Å². The number of halogens is 2. The van der Waals surface area contributed by atoms with E-state index in [-0.39, 0.29) is 12.5 Å². The number of nitrogens with zero attached hydrogens (tertiary/aromatic N) is 1. The second-order valence-electron chi connectivity index (χ2n) is 6.02. The number of amides is 1. The Morgan fingerprint density at radius 1 is 1.21 bits per heavy atom. The summed E-state index contributed by atoms with van der Waals surface area (Å²) in [7, 11) is 1.57. The molecule has 0 bridgehead atoms. The lowest BCUT2D eigenvalue weighted by atomic mass is 10.1. The molecule has 1 aliphatic heterocycles. The van der Waals surface area contributed by atoms with Gasteiger partial charge in [-0.3, -0.25) is 9.69 Å². The van der Waals surface area contributed by atoms with Gasteiger partial charge < -0.3 is 9.47 Å². The summed E-state index contributed by atoms with van der Waals surface area (Å²) in [5.41, 5.74) is 1.59. The number of ether oxygens (including phenoxy) is 2. The average Bonchev–Trinajstić information content (AvgIpc) is 2.95. The summed E-state index contributed by atoms with van der Waals surface area (Å²) in [6.45, 7) is 4.30. The van der Waals surface area contributed by atoms with Gasteiger partial charge >= 0.3 is 0 Å². The highest BCUT2D eigenvalue weighted by atomic mass is 35.5. The average molecular weight is 466 g/mol. The van der Waals surface area contributed by atoms with Crippen LogP contribution in [-0.2, 0) is 11.4 Å². The van der Waals surface area contributed by atoms with Gasteiger partial charge in [-0.05, 0) is 35.9 Å². The Balaban J connectivity index is 1.82. The quantitative estimate of drug-likeness (QED) is 0.286. The van der Waals surface area contributed by atoms with Crippen LogP contribution < -0.4 is 9.47 Å². The van der Waals surface area contributed by atoms with Crippen molar-refractivity contribution in [2.24, 2.45) is 0 Å². The number of hydrogen-bond donors (Lipinski definition) is 0. The minimum atomic E-state index is -0.133. The molecule has 8 heteroatoms. The summed E-state index contributed by atoms with van der Waals surface area (Å²) < 4.78 is 11.8. The smallest absolute Gasteiger partial charge is 0.266 e. The van der Waals surface area contributed by atoms with Crippen LogP contribution >= 0.6 is 47.2 Å². The fourth-order valence-corrected chi connectivity index (χ4v) is 4.37. The molecular formula is C21H17Cl2NO3S2. The Morgan fingerprint density at radius 3 is 2.69 bits per heavy atom. The van der Waals surface area contributed by atoms with Crippen molar-refractivity contribution in [1.29, 1.82) is 0 Å². The normalized spacial score (nSPS) is 15.1. The van der Waals surface area contributed by atoms with E-state index >= 15 is 0 Å². The van der Waals surface area contributed by atoms with Gasteiger partial charge in [-0.15, -0.1) is 6.58 Å². The van der Waals surface area contributed by atoms with Crippen LogP contribution in [0.3, 0.4) is 0 Å². The summed E-state index contributed by atoms with van der Waals surface area (Å²) in [5, 5.41) is 1.09. The molecule has 1 aliphatic rings.